The Morgan fingerprint density at radius 3 is 2.54 bits per heavy atom. The van der Waals surface area contributed by atoms with Crippen molar-refractivity contribution in [3.63, 3.8) is 0 Å². The van der Waals surface area contributed by atoms with Gasteiger partial charge in [-0.05, 0) is 36.0 Å². The summed E-state index contributed by atoms with van der Waals surface area (Å²) >= 11 is 0. The molecule has 1 heterocycles. The highest BCUT2D eigenvalue weighted by Crippen LogP contribution is 2.46. The quantitative estimate of drug-likeness (QED) is 0.839. The van der Waals surface area contributed by atoms with Crippen molar-refractivity contribution in [3.8, 4) is 0 Å². The maximum Gasteiger partial charge on any atom is 0.229 e. The minimum absolute atomic E-state index is 0.0816. The summed E-state index contributed by atoms with van der Waals surface area (Å²) < 4.78 is 25.8. The van der Waals surface area contributed by atoms with Crippen LogP contribution in [0.1, 0.15) is 36.3 Å². The topological polar surface area (TPSA) is 66.5 Å². The van der Waals surface area contributed by atoms with Gasteiger partial charge in [0.15, 0.2) is 0 Å². The molecule has 1 aliphatic heterocycles. The molecule has 1 saturated carbocycles. The first-order chi connectivity index (χ1) is 13.4. The number of para-hydroxylation sites is 1. The van der Waals surface area contributed by atoms with Gasteiger partial charge >= 0.3 is 0 Å². The molecular formula is C22H26N2O3S. The number of benzene rings is 2. The first-order valence-electron chi connectivity index (χ1n) is 9.82. The lowest BCUT2D eigenvalue weighted by atomic mass is 9.87. The van der Waals surface area contributed by atoms with Crippen LogP contribution in [0.15, 0.2) is 54.6 Å². The fourth-order valence-corrected chi connectivity index (χ4v) is 5.48. The van der Waals surface area contributed by atoms with E-state index in [-0.39, 0.29) is 12.3 Å². The van der Waals surface area contributed by atoms with Crippen molar-refractivity contribution >= 4 is 21.6 Å². The summed E-state index contributed by atoms with van der Waals surface area (Å²) in [7, 11) is -3.39. The summed E-state index contributed by atoms with van der Waals surface area (Å²) in [6.45, 7) is 0.750. The van der Waals surface area contributed by atoms with E-state index in [0.29, 0.717) is 23.6 Å². The summed E-state index contributed by atoms with van der Waals surface area (Å²) in [5.41, 5.74) is 2.52. The zero-order chi connectivity index (χ0) is 19.7. The van der Waals surface area contributed by atoms with E-state index in [2.05, 4.69) is 29.0 Å². The molecule has 1 aliphatic carbocycles. The second kappa shape index (κ2) is 7.59. The molecule has 1 amide bonds. The third kappa shape index (κ3) is 3.92. The Labute approximate surface area is 166 Å². The standard InChI is InChI=1S/C22H26N2O3S/c1-28(26,27)23-20-12-6-5-10-17(20)14-22(25)24-15-19(16-8-3-2-4-9-16)18-11-7-13-21(18)24/h2-6,8-10,12,18-19,21,23H,7,11,13-15H2,1H3. The summed E-state index contributed by atoms with van der Waals surface area (Å²) in [5.74, 6) is 0.996. The minimum atomic E-state index is -3.39. The van der Waals surface area contributed by atoms with Gasteiger partial charge in [-0.15, -0.1) is 0 Å². The fraction of sp³-hybridized carbons (Fsp3) is 0.409. The van der Waals surface area contributed by atoms with Crippen LogP contribution in [0, 0.1) is 5.92 Å². The van der Waals surface area contributed by atoms with Gasteiger partial charge in [0.05, 0.1) is 18.4 Å². The van der Waals surface area contributed by atoms with E-state index in [0.717, 1.165) is 31.2 Å². The van der Waals surface area contributed by atoms with Crippen LogP contribution in [-0.4, -0.2) is 38.1 Å². The molecule has 0 bridgehead atoms. The maximum atomic E-state index is 13.2. The van der Waals surface area contributed by atoms with Crippen molar-refractivity contribution in [2.45, 2.75) is 37.6 Å². The monoisotopic (exact) mass is 398 g/mol. The van der Waals surface area contributed by atoms with Gasteiger partial charge in [-0.2, -0.15) is 0 Å². The molecule has 0 radical (unpaired) electrons. The molecule has 28 heavy (non-hydrogen) atoms. The highest BCUT2D eigenvalue weighted by atomic mass is 32.2. The second-order valence-corrected chi connectivity index (χ2v) is 9.68. The number of sulfonamides is 1. The van der Waals surface area contributed by atoms with Crippen LogP contribution in [0.3, 0.4) is 0 Å². The lowest BCUT2D eigenvalue weighted by Gasteiger charge is -2.24. The van der Waals surface area contributed by atoms with Crippen molar-refractivity contribution in [1.29, 1.82) is 0 Å². The molecular weight excluding hydrogens is 372 g/mol. The highest BCUT2D eigenvalue weighted by molar-refractivity contribution is 7.92. The van der Waals surface area contributed by atoms with E-state index in [1.807, 2.05) is 23.1 Å². The van der Waals surface area contributed by atoms with Gasteiger partial charge in [0.25, 0.3) is 0 Å². The number of nitrogens with zero attached hydrogens (tertiary/aromatic N) is 1. The zero-order valence-corrected chi connectivity index (χ0v) is 16.9. The highest BCUT2D eigenvalue weighted by Gasteiger charge is 2.46. The largest absolute Gasteiger partial charge is 0.339 e. The molecule has 0 spiro atoms. The van der Waals surface area contributed by atoms with Gasteiger partial charge in [-0.25, -0.2) is 8.42 Å². The molecule has 148 valence electrons. The predicted octanol–water partition coefficient (Wildman–Crippen LogP) is 3.40. The number of hydrogen-bond acceptors (Lipinski definition) is 3. The number of fused-ring (bicyclic) bond motifs is 1. The van der Waals surface area contributed by atoms with Gasteiger partial charge in [-0.1, -0.05) is 55.0 Å². The average molecular weight is 399 g/mol. The van der Waals surface area contributed by atoms with E-state index < -0.39 is 10.0 Å². The Hall–Kier alpha value is -2.34. The molecule has 1 saturated heterocycles. The van der Waals surface area contributed by atoms with Crippen LogP contribution >= 0.6 is 0 Å². The molecule has 2 fully saturated rings. The number of carbonyl (C=O) groups is 1. The van der Waals surface area contributed by atoms with Crippen LogP contribution in [0.25, 0.3) is 0 Å². The molecule has 2 aromatic carbocycles. The molecule has 3 atom stereocenters. The molecule has 3 unspecified atom stereocenters. The molecule has 2 aromatic rings. The summed E-state index contributed by atoms with van der Waals surface area (Å²) in [6, 6.07) is 17.9. The molecule has 6 heteroatoms. The van der Waals surface area contributed by atoms with Crippen LogP contribution in [0.5, 0.6) is 0 Å². The summed E-state index contributed by atoms with van der Waals surface area (Å²) in [5, 5.41) is 0. The van der Waals surface area contributed by atoms with Crippen molar-refractivity contribution in [3.05, 3.63) is 65.7 Å². The third-order valence-electron chi connectivity index (χ3n) is 6.04. The van der Waals surface area contributed by atoms with Gasteiger partial charge < -0.3 is 4.90 Å². The Bertz CT molecular complexity index is 959. The van der Waals surface area contributed by atoms with Crippen molar-refractivity contribution < 1.29 is 13.2 Å². The van der Waals surface area contributed by atoms with Gasteiger partial charge in [0.1, 0.15) is 0 Å². The fourth-order valence-electron chi connectivity index (χ4n) is 4.89. The Morgan fingerprint density at radius 2 is 1.79 bits per heavy atom. The number of anilines is 1. The molecule has 2 aliphatic rings. The van der Waals surface area contributed by atoms with Crippen molar-refractivity contribution in [1.82, 2.24) is 4.90 Å². The molecule has 1 N–H and O–H groups in total. The third-order valence-corrected chi connectivity index (χ3v) is 6.64. The van der Waals surface area contributed by atoms with E-state index >= 15 is 0 Å². The summed E-state index contributed by atoms with van der Waals surface area (Å²) in [6.07, 6.45) is 4.72. The number of amides is 1. The first kappa shape index (κ1) is 19.0. The average Bonchev–Trinajstić information content (AvgIpc) is 3.25. The number of hydrogen-bond donors (Lipinski definition) is 1. The van der Waals surface area contributed by atoms with Gasteiger partial charge in [0, 0.05) is 18.5 Å². The van der Waals surface area contributed by atoms with E-state index in [1.165, 1.54) is 12.0 Å². The van der Waals surface area contributed by atoms with E-state index in [4.69, 9.17) is 0 Å². The number of nitrogens with one attached hydrogen (secondary N) is 1. The SMILES string of the molecule is CS(=O)(=O)Nc1ccccc1CC(=O)N1CC(c2ccccc2)C2CCCC21. The lowest BCUT2D eigenvalue weighted by molar-refractivity contribution is -0.131. The Kier molecular flexibility index (Phi) is 5.15. The predicted molar refractivity (Wildman–Crippen MR) is 111 cm³/mol. The Morgan fingerprint density at radius 1 is 1.07 bits per heavy atom. The number of carbonyl (C=O) groups excluding carboxylic acids is 1. The van der Waals surface area contributed by atoms with Crippen LogP contribution in [0.4, 0.5) is 5.69 Å². The lowest BCUT2D eigenvalue weighted by Crippen LogP contribution is -2.37. The van der Waals surface area contributed by atoms with E-state index in [9.17, 15) is 13.2 Å². The molecule has 0 aromatic heterocycles. The zero-order valence-electron chi connectivity index (χ0n) is 16.0. The number of rotatable bonds is 5. The van der Waals surface area contributed by atoms with Crippen molar-refractivity contribution in [2.75, 3.05) is 17.5 Å². The van der Waals surface area contributed by atoms with Crippen molar-refractivity contribution in [2.24, 2.45) is 5.92 Å². The van der Waals surface area contributed by atoms with Crippen LogP contribution in [0.2, 0.25) is 0 Å². The Balaban J connectivity index is 1.54. The molecule has 5 nitrogen and oxygen atoms in total. The van der Waals surface area contributed by atoms with Gasteiger partial charge in [-0.3, -0.25) is 9.52 Å². The minimum Gasteiger partial charge on any atom is -0.339 e. The smallest absolute Gasteiger partial charge is 0.229 e. The normalized spacial score (nSPS) is 24.2. The van der Waals surface area contributed by atoms with Crippen LogP contribution < -0.4 is 4.72 Å². The summed E-state index contributed by atoms with van der Waals surface area (Å²) in [4.78, 5) is 15.2. The van der Waals surface area contributed by atoms with Crippen LogP contribution in [-0.2, 0) is 21.2 Å². The first-order valence-corrected chi connectivity index (χ1v) is 11.7. The van der Waals surface area contributed by atoms with E-state index in [1.54, 1.807) is 12.1 Å². The maximum absolute atomic E-state index is 13.2. The second-order valence-electron chi connectivity index (χ2n) is 7.93. The van der Waals surface area contributed by atoms with Gasteiger partial charge in [0.2, 0.25) is 15.9 Å². The molecule has 4 rings (SSSR count). The number of likely N-dealkylation sites (tertiary alicyclic amines) is 1.